The molecule has 0 saturated heterocycles. The molecule has 0 aromatic rings. The molecule has 10 heavy (non-hydrogen) atoms. The van der Waals surface area contributed by atoms with Gasteiger partial charge in [0.25, 0.3) is 0 Å². The van der Waals surface area contributed by atoms with E-state index in [1.165, 1.54) is 5.71 Å². The van der Waals surface area contributed by atoms with Crippen molar-refractivity contribution in [1.29, 1.82) is 0 Å². The second-order valence-corrected chi connectivity index (χ2v) is 3.71. The molecule has 0 N–H and O–H groups in total. The first-order valence-corrected chi connectivity index (χ1v) is 3.82. The molecule has 0 spiro atoms. The van der Waals surface area contributed by atoms with Gasteiger partial charge in [-0.05, 0) is 12.5 Å². The number of allylic oxidation sites excluding steroid dienone is 1. The maximum absolute atomic E-state index is 4.43. The summed E-state index contributed by atoms with van der Waals surface area (Å²) in [6.07, 6.45) is 5.46. The van der Waals surface area contributed by atoms with Crippen molar-refractivity contribution in [2.75, 3.05) is 6.54 Å². The van der Waals surface area contributed by atoms with Gasteiger partial charge in [0.05, 0.1) is 0 Å². The normalized spacial score (nSPS) is 18.9. The van der Waals surface area contributed by atoms with E-state index in [1.54, 1.807) is 0 Å². The van der Waals surface area contributed by atoms with E-state index in [0.717, 1.165) is 13.0 Å². The number of nitrogens with zero attached hydrogens (tertiary/aromatic N) is 1. The molecule has 56 valence electrons. The van der Waals surface area contributed by atoms with Crippen LogP contribution in [0.2, 0.25) is 0 Å². The molecule has 0 radical (unpaired) electrons. The Kier molecular flexibility index (Phi) is 1.93. The van der Waals surface area contributed by atoms with Gasteiger partial charge < -0.3 is 0 Å². The molecular formula is C9H15N. The maximum atomic E-state index is 4.43. The van der Waals surface area contributed by atoms with Crippen LogP contribution in [0.5, 0.6) is 0 Å². The van der Waals surface area contributed by atoms with Crippen LogP contribution < -0.4 is 0 Å². The van der Waals surface area contributed by atoms with Crippen molar-refractivity contribution in [2.24, 2.45) is 10.4 Å². The van der Waals surface area contributed by atoms with Crippen LogP contribution in [0.15, 0.2) is 17.1 Å². The van der Waals surface area contributed by atoms with Gasteiger partial charge in [-0.3, -0.25) is 4.99 Å². The maximum Gasteiger partial charge on any atom is 0.0427 e. The zero-order chi connectivity index (χ0) is 7.61. The lowest BCUT2D eigenvalue weighted by atomic mass is 9.89. The first-order valence-electron chi connectivity index (χ1n) is 3.82. The van der Waals surface area contributed by atoms with Crippen LogP contribution >= 0.6 is 0 Å². The quantitative estimate of drug-likeness (QED) is 0.486. The van der Waals surface area contributed by atoms with Gasteiger partial charge in [-0.2, -0.15) is 0 Å². The summed E-state index contributed by atoms with van der Waals surface area (Å²) in [5, 5.41) is 0. The third-order valence-corrected chi connectivity index (χ3v) is 1.62. The molecule has 0 atom stereocenters. The highest BCUT2D eigenvalue weighted by molar-refractivity contribution is 5.99. The smallest absolute Gasteiger partial charge is 0.0427 e. The molecule has 1 nitrogen and oxygen atoms in total. The summed E-state index contributed by atoms with van der Waals surface area (Å²) in [5.41, 5.74) is 1.47. The summed E-state index contributed by atoms with van der Waals surface area (Å²) >= 11 is 0. The van der Waals surface area contributed by atoms with Crippen molar-refractivity contribution >= 4 is 5.71 Å². The van der Waals surface area contributed by atoms with Crippen LogP contribution in [0.4, 0.5) is 0 Å². The largest absolute Gasteiger partial charge is 0.289 e. The minimum atomic E-state index is 0.233. The Bertz CT molecular complexity index is 170. The van der Waals surface area contributed by atoms with E-state index in [-0.39, 0.29) is 5.41 Å². The van der Waals surface area contributed by atoms with Crippen molar-refractivity contribution < 1.29 is 0 Å². The first-order chi connectivity index (χ1) is 4.61. The molecule has 1 heterocycles. The molecule has 1 aliphatic heterocycles. The van der Waals surface area contributed by atoms with Crippen molar-refractivity contribution in [2.45, 2.75) is 27.2 Å². The first kappa shape index (κ1) is 7.52. The van der Waals surface area contributed by atoms with Gasteiger partial charge >= 0.3 is 0 Å². The number of aliphatic imine (C=N–C) groups is 1. The van der Waals surface area contributed by atoms with Crippen LogP contribution in [0.3, 0.4) is 0 Å². The summed E-state index contributed by atoms with van der Waals surface area (Å²) in [6, 6.07) is 0. The lowest BCUT2D eigenvalue weighted by Gasteiger charge is -2.20. The molecule has 0 aromatic heterocycles. The molecular weight excluding hydrogens is 122 g/mol. The molecule has 0 amide bonds. The highest BCUT2D eigenvalue weighted by Gasteiger charge is 2.16. The highest BCUT2D eigenvalue weighted by Crippen LogP contribution is 2.18. The van der Waals surface area contributed by atoms with E-state index in [4.69, 9.17) is 0 Å². The lowest BCUT2D eigenvalue weighted by Crippen LogP contribution is -2.19. The van der Waals surface area contributed by atoms with Crippen LogP contribution in [0.25, 0.3) is 0 Å². The Hall–Kier alpha value is -0.590. The Balaban J connectivity index is 2.73. The fourth-order valence-electron chi connectivity index (χ4n) is 0.994. The van der Waals surface area contributed by atoms with E-state index >= 15 is 0 Å². The van der Waals surface area contributed by atoms with E-state index in [0.29, 0.717) is 0 Å². The van der Waals surface area contributed by atoms with Gasteiger partial charge in [0.15, 0.2) is 0 Å². The molecule has 0 saturated carbocycles. The van der Waals surface area contributed by atoms with Crippen LogP contribution in [-0.2, 0) is 0 Å². The number of rotatable bonds is 0. The topological polar surface area (TPSA) is 12.4 Å². The number of dihydropyridines is 1. The Morgan fingerprint density at radius 1 is 1.40 bits per heavy atom. The van der Waals surface area contributed by atoms with E-state index in [1.807, 2.05) is 0 Å². The lowest BCUT2D eigenvalue weighted by molar-refractivity contribution is 0.589. The molecule has 0 fully saturated rings. The zero-order valence-corrected chi connectivity index (χ0v) is 7.02. The predicted molar refractivity (Wildman–Crippen MR) is 45.5 cm³/mol. The fourth-order valence-corrected chi connectivity index (χ4v) is 0.994. The summed E-state index contributed by atoms with van der Waals surface area (Å²) in [6.45, 7) is 7.56. The second kappa shape index (κ2) is 2.57. The zero-order valence-electron chi connectivity index (χ0n) is 7.02. The van der Waals surface area contributed by atoms with Crippen molar-refractivity contribution in [3.63, 3.8) is 0 Å². The average molecular weight is 137 g/mol. The minimum Gasteiger partial charge on any atom is -0.289 e. The summed E-state index contributed by atoms with van der Waals surface area (Å²) in [7, 11) is 0. The molecule has 0 bridgehead atoms. The Labute approximate surface area is 62.9 Å². The molecule has 0 aliphatic carbocycles. The molecule has 0 unspecified atom stereocenters. The summed E-state index contributed by atoms with van der Waals surface area (Å²) < 4.78 is 0. The van der Waals surface area contributed by atoms with Gasteiger partial charge in [-0.25, -0.2) is 0 Å². The molecule has 0 aromatic carbocycles. The molecule has 1 rings (SSSR count). The van der Waals surface area contributed by atoms with Crippen LogP contribution in [0.1, 0.15) is 27.2 Å². The van der Waals surface area contributed by atoms with Gasteiger partial charge in [0.2, 0.25) is 0 Å². The van der Waals surface area contributed by atoms with Gasteiger partial charge in [0, 0.05) is 17.7 Å². The number of hydrogen-bond donors (Lipinski definition) is 0. The fraction of sp³-hybridized carbons (Fsp3) is 0.667. The van der Waals surface area contributed by atoms with E-state index < -0.39 is 0 Å². The van der Waals surface area contributed by atoms with Crippen molar-refractivity contribution in [3.05, 3.63) is 12.2 Å². The SMILES string of the molecule is CC(C)(C)C1=NCCC=C1. The Morgan fingerprint density at radius 3 is 2.40 bits per heavy atom. The highest BCUT2D eigenvalue weighted by atomic mass is 14.7. The standard InChI is InChI=1S/C9H15N/c1-9(2,3)8-6-4-5-7-10-8/h4,6H,5,7H2,1-3H3. The van der Waals surface area contributed by atoms with Gasteiger partial charge in [-0.1, -0.05) is 26.8 Å². The summed E-state index contributed by atoms with van der Waals surface area (Å²) in [5.74, 6) is 0. The van der Waals surface area contributed by atoms with Crippen LogP contribution in [-0.4, -0.2) is 12.3 Å². The molecule has 1 heteroatoms. The summed E-state index contributed by atoms with van der Waals surface area (Å²) in [4.78, 5) is 4.43. The van der Waals surface area contributed by atoms with Crippen molar-refractivity contribution in [1.82, 2.24) is 0 Å². The third-order valence-electron chi connectivity index (χ3n) is 1.62. The minimum absolute atomic E-state index is 0.233. The van der Waals surface area contributed by atoms with Gasteiger partial charge in [0.1, 0.15) is 0 Å². The Morgan fingerprint density at radius 2 is 2.10 bits per heavy atom. The second-order valence-electron chi connectivity index (χ2n) is 3.71. The van der Waals surface area contributed by atoms with E-state index in [9.17, 15) is 0 Å². The third kappa shape index (κ3) is 1.69. The monoisotopic (exact) mass is 137 g/mol. The van der Waals surface area contributed by atoms with Crippen LogP contribution in [0, 0.1) is 5.41 Å². The van der Waals surface area contributed by atoms with Gasteiger partial charge in [-0.15, -0.1) is 0 Å². The van der Waals surface area contributed by atoms with Crippen molar-refractivity contribution in [3.8, 4) is 0 Å². The predicted octanol–water partition coefficient (Wildman–Crippen LogP) is 2.43. The van der Waals surface area contributed by atoms with E-state index in [2.05, 4.69) is 37.9 Å². The average Bonchev–Trinajstić information content (AvgIpc) is 1.88. The number of hydrogen-bond acceptors (Lipinski definition) is 1. The molecule has 1 aliphatic rings.